The Hall–Kier alpha value is 0.0900. The SMILES string of the molecule is NC(c1ccsc1)c1cc(Br)ccc1I. The summed E-state index contributed by atoms with van der Waals surface area (Å²) in [6, 6.07) is 8.24. The molecule has 0 bridgehead atoms. The van der Waals surface area contributed by atoms with Crippen LogP contribution >= 0.6 is 49.9 Å². The van der Waals surface area contributed by atoms with E-state index in [0.717, 1.165) is 4.47 Å². The van der Waals surface area contributed by atoms with Gasteiger partial charge >= 0.3 is 0 Å². The van der Waals surface area contributed by atoms with E-state index in [2.05, 4.69) is 67.5 Å². The molecule has 1 atom stereocenters. The number of hydrogen-bond donors (Lipinski definition) is 1. The van der Waals surface area contributed by atoms with E-state index in [1.54, 1.807) is 11.3 Å². The van der Waals surface area contributed by atoms with Gasteiger partial charge < -0.3 is 5.73 Å². The fourth-order valence-electron chi connectivity index (χ4n) is 1.38. The van der Waals surface area contributed by atoms with Gasteiger partial charge in [0.1, 0.15) is 0 Å². The molecule has 1 heterocycles. The van der Waals surface area contributed by atoms with Gasteiger partial charge in [-0.15, -0.1) is 0 Å². The molecular weight excluding hydrogens is 385 g/mol. The van der Waals surface area contributed by atoms with Gasteiger partial charge in [0.25, 0.3) is 0 Å². The smallest absolute Gasteiger partial charge is 0.0570 e. The van der Waals surface area contributed by atoms with E-state index >= 15 is 0 Å². The van der Waals surface area contributed by atoms with Crippen molar-refractivity contribution in [3.8, 4) is 0 Å². The number of halogens is 2. The van der Waals surface area contributed by atoms with Crippen molar-refractivity contribution >= 4 is 49.9 Å². The first-order valence-corrected chi connectivity index (χ1v) is 7.22. The van der Waals surface area contributed by atoms with Crippen LogP contribution in [0.1, 0.15) is 17.2 Å². The van der Waals surface area contributed by atoms with E-state index in [1.165, 1.54) is 14.7 Å². The van der Waals surface area contributed by atoms with E-state index in [4.69, 9.17) is 5.73 Å². The van der Waals surface area contributed by atoms with Crippen molar-refractivity contribution in [2.75, 3.05) is 0 Å². The lowest BCUT2D eigenvalue weighted by atomic mass is 10.0. The van der Waals surface area contributed by atoms with Crippen LogP contribution in [0.2, 0.25) is 0 Å². The molecule has 1 aromatic heterocycles. The van der Waals surface area contributed by atoms with Gasteiger partial charge in [-0.25, -0.2) is 0 Å². The topological polar surface area (TPSA) is 26.0 Å². The molecule has 0 fully saturated rings. The van der Waals surface area contributed by atoms with E-state index in [9.17, 15) is 0 Å². The second kappa shape index (κ2) is 4.95. The number of rotatable bonds is 2. The van der Waals surface area contributed by atoms with Gasteiger partial charge in [0, 0.05) is 8.04 Å². The molecule has 2 aromatic rings. The molecule has 15 heavy (non-hydrogen) atoms. The van der Waals surface area contributed by atoms with Crippen LogP contribution in [0.4, 0.5) is 0 Å². The van der Waals surface area contributed by atoms with E-state index in [0.29, 0.717) is 0 Å². The summed E-state index contributed by atoms with van der Waals surface area (Å²) in [5, 5.41) is 4.15. The summed E-state index contributed by atoms with van der Waals surface area (Å²) in [6.45, 7) is 0. The molecule has 1 nitrogen and oxygen atoms in total. The molecule has 2 N–H and O–H groups in total. The van der Waals surface area contributed by atoms with Crippen LogP contribution in [0.5, 0.6) is 0 Å². The Kier molecular flexibility index (Phi) is 3.82. The van der Waals surface area contributed by atoms with E-state index < -0.39 is 0 Å². The Labute approximate surface area is 115 Å². The van der Waals surface area contributed by atoms with Gasteiger partial charge in [0.05, 0.1) is 6.04 Å². The van der Waals surface area contributed by atoms with Crippen LogP contribution in [-0.4, -0.2) is 0 Å². The molecule has 0 aliphatic heterocycles. The minimum atomic E-state index is -0.0272. The Bertz CT molecular complexity index is 456. The first kappa shape index (κ1) is 11.6. The first-order valence-electron chi connectivity index (χ1n) is 4.41. The van der Waals surface area contributed by atoms with Crippen molar-refractivity contribution in [2.45, 2.75) is 6.04 Å². The van der Waals surface area contributed by atoms with Crippen molar-refractivity contribution in [3.05, 3.63) is 54.2 Å². The van der Waals surface area contributed by atoms with E-state index in [1.807, 2.05) is 6.07 Å². The molecule has 1 unspecified atom stereocenters. The summed E-state index contributed by atoms with van der Waals surface area (Å²) in [5.74, 6) is 0. The zero-order valence-corrected chi connectivity index (χ0v) is 12.3. The number of thiophene rings is 1. The average molecular weight is 394 g/mol. The van der Waals surface area contributed by atoms with Gasteiger partial charge in [0.15, 0.2) is 0 Å². The molecule has 0 saturated carbocycles. The monoisotopic (exact) mass is 393 g/mol. The molecule has 0 aliphatic carbocycles. The fourth-order valence-corrected chi connectivity index (χ4v) is 3.13. The maximum absolute atomic E-state index is 6.21. The lowest BCUT2D eigenvalue weighted by molar-refractivity contribution is 0.869. The summed E-state index contributed by atoms with van der Waals surface area (Å²) in [4.78, 5) is 0. The van der Waals surface area contributed by atoms with Gasteiger partial charge in [-0.2, -0.15) is 11.3 Å². The summed E-state index contributed by atoms with van der Waals surface area (Å²) < 4.78 is 2.28. The normalized spacial score (nSPS) is 12.7. The van der Waals surface area contributed by atoms with Crippen LogP contribution in [0.15, 0.2) is 39.5 Å². The zero-order chi connectivity index (χ0) is 10.8. The third-order valence-electron chi connectivity index (χ3n) is 2.20. The van der Waals surface area contributed by atoms with Crippen LogP contribution in [0.25, 0.3) is 0 Å². The first-order chi connectivity index (χ1) is 7.18. The highest BCUT2D eigenvalue weighted by Crippen LogP contribution is 2.28. The number of benzene rings is 1. The van der Waals surface area contributed by atoms with Crippen molar-refractivity contribution in [3.63, 3.8) is 0 Å². The Morgan fingerprint density at radius 2 is 2.13 bits per heavy atom. The average Bonchev–Trinajstić information content (AvgIpc) is 2.74. The van der Waals surface area contributed by atoms with Gasteiger partial charge in [-0.1, -0.05) is 15.9 Å². The molecule has 0 spiro atoms. The maximum Gasteiger partial charge on any atom is 0.0570 e. The van der Waals surface area contributed by atoms with Gasteiger partial charge in [-0.3, -0.25) is 0 Å². The van der Waals surface area contributed by atoms with Crippen molar-refractivity contribution in [1.82, 2.24) is 0 Å². The van der Waals surface area contributed by atoms with Gasteiger partial charge in [0.2, 0.25) is 0 Å². The minimum absolute atomic E-state index is 0.0272. The quantitative estimate of drug-likeness (QED) is 0.761. The molecule has 0 radical (unpaired) electrons. The summed E-state index contributed by atoms with van der Waals surface area (Å²) >= 11 is 7.47. The summed E-state index contributed by atoms with van der Waals surface area (Å²) in [5.41, 5.74) is 8.56. The van der Waals surface area contributed by atoms with E-state index in [-0.39, 0.29) is 6.04 Å². The third-order valence-corrected chi connectivity index (χ3v) is 4.37. The van der Waals surface area contributed by atoms with Crippen LogP contribution in [-0.2, 0) is 0 Å². The lowest BCUT2D eigenvalue weighted by Crippen LogP contribution is -2.12. The largest absolute Gasteiger partial charge is 0.320 e. The second-order valence-corrected chi connectivity index (χ2v) is 6.06. The standard InChI is InChI=1S/C11H9BrINS/c12-8-1-2-10(13)9(5-8)11(14)7-3-4-15-6-7/h1-6,11H,14H2. The number of hydrogen-bond acceptors (Lipinski definition) is 2. The second-order valence-electron chi connectivity index (χ2n) is 3.20. The molecule has 1 aromatic carbocycles. The molecule has 78 valence electrons. The molecular formula is C11H9BrINS. The van der Waals surface area contributed by atoms with Crippen LogP contribution in [0.3, 0.4) is 0 Å². The Morgan fingerprint density at radius 3 is 2.80 bits per heavy atom. The zero-order valence-electron chi connectivity index (χ0n) is 7.78. The molecule has 2 rings (SSSR count). The lowest BCUT2D eigenvalue weighted by Gasteiger charge is -2.13. The number of nitrogens with two attached hydrogens (primary N) is 1. The Morgan fingerprint density at radius 1 is 1.33 bits per heavy atom. The van der Waals surface area contributed by atoms with Crippen molar-refractivity contribution < 1.29 is 0 Å². The molecule has 4 heteroatoms. The van der Waals surface area contributed by atoms with Crippen molar-refractivity contribution in [1.29, 1.82) is 0 Å². The Balaban J connectivity index is 2.41. The predicted octanol–water partition coefficient (Wildman–Crippen LogP) is 4.16. The minimum Gasteiger partial charge on any atom is -0.320 e. The molecule has 0 saturated heterocycles. The van der Waals surface area contributed by atoms with Gasteiger partial charge in [-0.05, 0) is 68.7 Å². The summed E-state index contributed by atoms with van der Waals surface area (Å²) in [7, 11) is 0. The maximum atomic E-state index is 6.21. The molecule has 0 aliphatic rings. The molecule has 0 amide bonds. The highest BCUT2D eigenvalue weighted by atomic mass is 127. The highest BCUT2D eigenvalue weighted by Gasteiger charge is 2.12. The van der Waals surface area contributed by atoms with Crippen LogP contribution < -0.4 is 5.73 Å². The predicted molar refractivity (Wildman–Crippen MR) is 77.2 cm³/mol. The third kappa shape index (κ3) is 2.61. The fraction of sp³-hybridized carbons (Fsp3) is 0.0909. The van der Waals surface area contributed by atoms with Crippen LogP contribution in [0, 0.1) is 3.57 Å². The highest BCUT2D eigenvalue weighted by molar-refractivity contribution is 14.1. The van der Waals surface area contributed by atoms with Crippen molar-refractivity contribution in [2.24, 2.45) is 5.73 Å². The summed E-state index contributed by atoms with van der Waals surface area (Å²) in [6.07, 6.45) is 0.